The Morgan fingerprint density at radius 1 is 0.324 bits per heavy atom. The third-order valence-electron chi connectivity index (χ3n) is 16.1. The molecule has 4 atom stereocenters. The van der Waals surface area contributed by atoms with Crippen LogP contribution in [0.2, 0.25) is 0 Å². The number of carbonyl (C=O) groups is 1. The van der Waals surface area contributed by atoms with E-state index in [1.165, 1.54) is 302 Å². The molecule has 0 aliphatic rings. The fourth-order valence-electron chi connectivity index (χ4n) is 10.9. The van der Waals surface area contributed by atoms with Gasteiger partial charge >= 0.3 is 0 Å². The number of nitrogens with one attached hydrogen (secondary N) is 1. The third kappa shape index (κ3) is 55.5. The fourth-order valence-corrected chi connectivity index (χ4v) is 10.9. The van der Waals surface area contributed by atoms with Crippen LogP contribution in [0.25, 0.3) is 0 Å². The Morgan fingerprint density at radius 3 is 0.851 bits per heavy atom. The number of amides is 1. The van der Waals surface area contributed by atoms with Crippen LogP contribution < -0.4 is 5.32 Å². The topological polar surface area (TPSA) is 110 Å². The van der Waals surface area contributed by atoms with Gasteiger partial charge in [-0.15, -0.1) is 0 Å². The monoisotopic (exact) mass is 1040 g/mol. The highest BCUT2D eigenvalue weighted by Gasteiger charge is 2.28. The van der Waals surface area contributed by atoms with Gasteiger partial charge < -0.3 is 25.7 Å². The molecule has 0 aromatic carbocycles. The number of carbonyl (C=O) groups excluding carboxylic acids is 1. The van der Waals surface area contributed by atoms with E-state index < -0.39 is 36.9 Å². The molecule has 0 aromatic rings. The van der Waals surface area contributed by atoms with Gasteiger partial charge in [0.05, 0.1) is 18.8 Å². The van der Waals surface area contributed by atoms with Gasteiger partial charge in [-0.2, -0.15) is 0 Å². The molecule has 0 saturated carbocycles. The number of hydrogen-bond acceptors (Lipinski definition) is 5. The van der Waals surface area contributed by atoms with Crippen molar-refractivity contribution in [2.24, 2.45) is 0 Å². The molecule has 1 amide bonds. The van der Waals surface area contributed by atoms with Crippen LogP contribution in [0.1, 0.15) is 373 Å². The van der Waals surface area contributed by atoms with E-state index in [1.807, 2.05) is 0 Å². The molecule has 6 heteroatoms. The average Bonchev–Trinajstić information content (AvgIpc) is 3.41. The Labute approximate surface area is 463 Å². The number of aliphatic hydroxyl groups is 4. The van der Waals surface area contributed by atoms with Crippen LogP contribution in [0.5, 0.6) is 0 Å². The summed E-state index contributed by atoms with van der Waals surface area (Å²) in [4.78, 5) is 12.6. The highest BCUT2D eigenvalue weighted by Crippen LogP contribution is 2.19. The van der Waals surface area contributed by atoms with Crippen LogP contribution in [-0.2, 0) is 4.79 Å². The predicted octanol–water partition coefficient (Wildman–Crippen LogP) is 20.5. The standard InChI is InChI=1S/C68H133NO5/c1-3-5-7-9-11-13-15-17-19-21-23-25-27-29-30-31-32-33-34-35-36-37-38-40-42-44-46-48-50-52-54-56-58-60-62-66(72)68(74)69-64(63-70)67(73)65(71)61-59-57-55-53-51-49-47-45-43-41-39-28-26-24-22-20-18-16-14-12-10-8-6-4-2/h45,47,53,55,64-67,70-73H,3-44,46,48-52,54,56-63H2,1-2H3,(H,69,74)/b47-45+,55-53+. The summed E-state index contributed by atoms with van der Waals surface area (Å²) in [7, 11) is 0. The first kappa shape index (κ1) is 72.8. The predicted molar refractivity (Wildman–Crippen MR) is 325 cm³/mol. The van der Waals surface area contributed by atoms with Crippen molar-refractivity contribution in [1.29, 1.82) is 0 Å². The second kappa shape index (κ2) is 62.6. The van der Waals surface area contributed by atoms with Crippen LogP contribution in [-0.4, -0.2) is 57.3 Å². The number of unbranched alkanes of at least 4 members (excludes halogenated alkanes) is 50. The highest BCUT2D eigenvalue weighted by atomic mass is 16.3. The van der Waals surface area contributed by atoms with Crippen LogP contribution in [0.3, 0.4) is 0 Å². The van der Waals surface area contributed by atoms with Gasteiger partial charge in [0.15, 0.2) is 0 Å². The highest BCUT2D eigenvalue weighted by molar-refractivity contribution is 5.80. The zero-order chi connectivity index (χ0) is 53.7. The average molecular weight is 1040 g/mol. The molecule has 0 fully saturated rings. The van der Waals surface area contributed by atoms with Gasteiger partial charge in [0, 0.05) is 0 Å². The molecule has 0 rings (SSSR count). The molecule has 5 N–H and O–H groups in total. The van der Waals surface area contributed by atoms with Gasteiger partial charge in [0.1, 0.15) is 12.2 Å². The molecule has 440 valence electrons. The van der Waals surface area contributed by atoms with Gasteiger partial charge in [0.2, 0.25) is 5.91 Å². The van der Waals surface area contributed by atoms with E-state index in [2.05, 4.69) is 43.5 Å². The summed E-state index contributed by atoms with van der Waals surface area (Å²) in [6, 6.07) is -1.01. The minimum absolute atomic E-state index is 0.365. The summed E-state index contributed by atoms with van der Waals surface area (Å²) in [5.41, 5.74) is 0. The van der Waals surface area contributed by atoms with E-state index in [-0.39, 0.29) is 0 Å². The van der Waals surface area contributed by atoms with E-state index in [9.17, 15) is 25.2 Å². The summed E-state index contributed by atoms with van der Waals surface area (Å²) in [5.74, 6) is -0.590. The zero-order valence-corrected chi connectivity index (χ0v) is 50.1. The van der Waals surface area contributed by atoms with Crippen molar-refractivity contribution in [3.63, 3.8) is 0 Å². The normalized spacial score (nSPS) is 13.6. The molecular formula is C68H133NO5. The second-order valence-electron chi connectivity index (χ2n) is 23.5. The first-order chi connectivity index (χ1) is 36.5. The van der Waals surface area contributed by atoms with Crippen molar-refractivity contribution in [3.8, 4) is 0 Å². The first-order valence-corrected chi connectivity index (χ1v) is 33.7. The van der Waals surface area contributed by atoms with Crippen LogP contribution in [0.4, 0.5) is 0 Å². The lowest BCUT2D eigenvalue weighted by Crippen LogP contribution is -2.53. The van der Waals surface area contributed by atoms with E-state index in [1.54, 1.807) is 0 Å². The van der Waals surface area contributed by atoms with Crippen molar-refractivity contribution < 1.29 is 25.2 Å². The Kier molecular flexibility index (Phi) is 61.6. The summed E-state index contributed by atoms with van der Waals surface area (Å²) >= 11 is 0. The molecule has 0 radical (unpaired) electrons. The molecule has 6 nitrogen and oxygen atoms in total. The van der Waals surface area contributed by atoms with Gasteiger partial charge in [0.25, 0.3) is 0 Å². The summed E-state index contributed by atoms with van der Waals surface area (Å²) in [6.07, 6.45) is 78.7. The molecule has 74 heavy (non-hydrogen) atoms. The Balaban J connectivity index is 3.56. The lowest BCUT2D eigenvalue weighted by Gasteiger charge is -2.27. The first-order valence-electron chi connectivity index (χ1n) is 33.7. The van der Waals surface area contributed by atoms with Gasteiger partial charge in [-0.1, -0.05) is 346 Å². The molecule has 0 heterocycles. The maximum atomic E-state index is 12.6. The summed E-state index contributed by atoms with van der Waals surface area (Å²) in [6.45, 7) is 4.09. The minimum Gasteiger partial charge on any atom is -0.394 e. The van der Waals surface area contributed by atoms with E-state index in [4.69, 9.17) is 0 Å². The second-order valence-corrected chi connectivity index (χ2v) is 23.5. The Hall–Kier alpha value is -1.21. The molecule has 4 unspecified atom stereocenters. The van der Waals surface area contributed by atoms with Crippen molar-refractivity contribution in [2.45, 2.75) is 398 Å². The lowest BCUT2D eigenvalue weighted by atomic mass is 10.00. The van der Waals surface area contributed by atoms with Crippen molar-refractivity contribution in [1.82, 2.24) is 5.32 Å². The molecular weight excluding hydrogens is 911 g/mol. The molecule has 0 saturated heterocycles. The number of hydrogen-bond donors (Lipinski definition) is 5. The number of rotatable bonds is 63. The Morgan fingerprint density at radius 2 is 0.568 bits per heavy atom. The van der Waals surface area contributed by atoms with Crippen molar-refractivity contribution in [3.05, 3.63) is 24.3 Å². The minimum atomic E-state index is -1.29. The van der Waals surface area contributed by atoms with Crippen LogP contribution >= 0.6 is 0 Å². The third-order valence-corrected chi connectivity index (χ3v) is 16.1. The van der Waals surface area contributed by atoms with Gasteiger partial charge in [-0.25, -0.2) is 0 Å². The SMILES string of the molecule is CCCCCCCCCCCCCCCCC/C=C/CC/C=C/CCCC(O)C(O)C(CO)NC(=O)C(O)CCCCCCCCCCCCCCCCCCCCCCCCCCCCCCCCCCCC. The van der Waals surface area contributed by atoms with Gasteiger partial charge in [-0.05, 0) is 51.4 Å². The number of aliphatic hydroxyl groups excluding tert-OH is 4. The van der Waals surface area contributed by atoms with E-state index in [0.29, 0.717) is 19.3 Å². The van der Waals surface area contributed by atoms with E-state index in [0.717, 1.165) is 38.5 Å². The lowest BCUT2D eigenvalue weighted by molar-refractivity contribution is -0.132. The largest absolute Gasteiger partial charge is 0.394 e. The zero-order valence-electron chi connectivity index (χ0n) is 50.1. The molecule has 0 aromatic heterocycles. The molecule has 0 aliphatic heterocycles. The molecule has 0 bridgehead atoms. The smallest absolute Gasteiger partial charge is 0.249 e. The van der Waals surface area contributed by atoms with Crippen LogP contribution in [0.15, 0.2) is 24.3 Å². The maximum Gasteiger partial charge on any atom is 0.249 e. The molecule has 0 spiro atoms. The summed E-state index contributed by atoms with van der Waals surface area (Å²) in [5, 5.41) is 44.1. The van der Waals surface area contributed by atoms with E-state index >= 15 is 0 Å². The van der Waals surface area contributed by atoms with Crippen LogP contribution in [0, 0.1) is 0 Å². The van der Waals surface area contributed by atoms with Crippen molar-refractivity contribution in [2.75, 3.05) is 6.61 Å². The van der Waals surface area contributed by atoms with Crippen molar-refractivity contribution >= 4 is 5.91 Å². The summed E-state index contributed by atoms with van der Waals surface area (Å²) < 4.78 is 0. The Bertz CT molecular complexity index is 1130. The maximum absolute atomic E-state index is 12.6. The quantitative estimate of drug-likeness (QED) is 0.0308. The van der Waals surface area contributed by atoms with Gasteiger partial charge in [-0.3, -0.25) is 4.79 Å². The number of allylic oxidation sites excluding steroid dienone is 4. The fraction of sp³-hybridized carbons (Fsp3) is 0.926. The molecule has 0 aliphatic carbocycles.